The summed E-state index contributed by atoms with van der Waals surface area (Å²) in [6.45, 7) is 0. The normalized spacial score (nSPS) is 9.71. The molecule has 0 amide bonds. The Labute approximate surface area is 98.0 Å². The Bertz CT molecular complexity index is 511. The molecule has 5 nitrogen and oxygen atoms in total. The third-order valence-electron chi connectivity index (χ3n) is 2.05. The number of hydrogen-bond donors (Lipinski definition) is 0. The number of ether oxygens (including phenoxy) is 2. The van der Waals surface area contributed by atoms with Crippen LogP contribution in [0.5, 0.6) is 17.5 Å². The fraction of sp³-hybridized carbons (Fsp3) is 0.0833. The highest BCUT2D eigenvalue weighted by Crippen LogP contribution is 2.28. The van der Waals surface area contributed by atoms with Crippen LogP contribution in [0.3, 0.4) is 0 Å². The zero-order valence-electron chi connectivity index (χ0n) is 9.16. The van der Waals surface area contributed by atoms with Crippen molar-refractivity contribution in [2.75, 3.05) is 7.11 Å². The molecular weight excluding hydrogens is 220 g/mol. The minimum atomic E-state index is 0.167. The highest BCUT2D eigenvalue weighted by atomic mass is 16.5. The van der Waals surface area contributed by atoms with E-state index in [-0.39, 0.29) is 6.01 Å². The predicted octanol–water partition coefficient (Wildman–Crippen LogP) is 2.09. The van der Waals surface area contributed by atoms with Crippen molar-refractivity contribution in [3.8, 4) is 17.5 Å². The minimum absolute atomic E-state index is 0.167. The topological polar surface area (TPSA) is 61.3 Å². The molecule has 0 radical (unpaired) electrons. The van der Waals surface area contributed by atoms with E-state index in [2.05, 4.69) is 9.97 Å². The fourth-order valence-corrected chi connectivity index (χ4v) is 1.24. The molecule has 17 heavy (non-hydrogen) atoms. The van der Waals surface area contributed by atoms with Gasteiger partial charge in [-0.2, -0.15) is 0 Å². The third-order valence-corrected chi connectivity index (χ3v) is 2.05. The lowest BCUT2D eigenvalue weighted by atomic mass is 10.3. The summed E-state index contributed by atoms with van der Waals surface area (Å²) in [5.74, 6) is 1.12. The predicted molar refractivity (Wildman–Crippen MR) is 60.5 cm³/mol. The van der Waals surface area contributed by atoms with Crippen molar-refractivity contribution in [1.29, 1.82) is 0 Å². The number of para-hydroxylation sites is 2. The molecule has 0 aliphatic heterocycles. The number of benzene rings is 1. The molecule has 0 atom stereocenters. The first kappa shape index (κ1) is 11.1. The van der Waals surface area contributed by atoms with Crippen LogP contribution in [0.15, 0.2) is 36.7 Å². The van der Waals surface area contributed by atoms with Gasteiger partial charge in [-0.25, -0.2) is 9.97 Å². The number of carbonyl (C=O) groups is 1. The molecule has 0 aliphatic carbocycles. The van der Waals surface area contributed by atoms with E-state index in [1.165, 1.54) is 12.4 Å². The molecule has 1 aromatic heterocycles. The second-order valence-electron chi connectivity index (χ2n) is 3.17. The van der Waals surface area contributed by atoms with E-state index in [9.17, 15) is 4.79 Å². The van der Waals surface area contributed by atoms with Crippen LogP contribution in [0.4, 0.5) is 0 Å². The number of rotatable bonds is 4. The Morgan fingerprint density at radius 3 is 2.35 bits per heavy atom. The molecule has 0 aliphatic rings. The van der Waals surface area contributed by atoms with Crippen LogP contribution in [0.1, 0.15) is 10.4 Å². The van der Waals surface area contributed by atoms with E-state index in [1.54, 1.807) is 19.2 Å². The van der Waals surface area contributed by atoms with Gasteiger partial charge >= 0.3 is 6.01 Å². The maximum atomic E-state index is 10.4. The van der Waals surface area contributed by atoms with Crippen LogP contribution in [0.25, 0.3) is 0 Å². The number of carbonyl (C=O) groups excluding carboxylic acids is 1. The summed E-state index contributed by atoms with van der Waals surface area (Å²) >= 11 is 0. The first-order chi connectivity index (χ1) is 8.33. The zero-order valence-corrected chi connectivity index (χ0v) is 9.16. The molecule has 2 rings (SSSR count). The number of aromatic nitrogens is 2. The van der Waals surface area contributed by atoms with Gasteiger partial charge in [-0.1, -0.05) is 12.1 Å². The van der Waals surface area contributed by atoms with E-state index in [0.717, 1.165) is 0 Å². The summed E-state index contributed by atoms with van der Waals surface area (Å²) in [5.41, 5.74) is 0.400. The van der Waals surface area contributed by atoms with Gasteiger partial charge < -0.3 is 9.47 Å². The largest absolute Gasteiger partial charge is 0.493 e. The summed E-state index contributed by atoms with van der Waals surface area (Å²) in [6.07, 6.45) is 3.46. The Kier molecular flexibility index (Phi) is 3.30. The number of nitrogens with zero attached hydrogens (tertiary/aromatic N) is 2. The van der Waals surface area contributed by atoms with Crippen molar-refractivity contribution in [2.45, 2.75) is 0 Å². The van der Waals surface area contributed by atoms with Crippen molar-refractivity contribution in [3.63, 3.8) is 0 Å². The molecule has 2 aromatic rings. The maximum absolute atomic E-state index is 10.4. The fourth-order valence-electron chi connectivity index (χ4n) is 1.24. The van der Waals surface area contributed by atoms with Gasteiger partial charge in [0.05, 0.1) is 12.7 Å². The molecular formula is C12H10N2O3. The van der Waals surface area contributed by atoms with Gasteiger partial charge in [-0.3, -0.25) is 4.79 Å². The van der Waals surface area contributed by atoms with Crippen LogP contribution >= 0.6 is 0 Å². The standard InChI is InChI=1S/C12H10N2O3/c1-16-10-4-2-3-5-11(10)17-12-13-6-9(8-15)7-14-12/h2-8H,1H3. The number of methoxy groups -OCH3 is 1. The monoisotopic (exact) mass is 230 g/mol. The second-order valence-corrected chi connectivity index (χ2v) is 3.17. The summed E-state index contributed by atoms with van der Waals surface area (Å²) in [7, 11) is 1.55. The molecule has 1 heterocycles. The second kappa shape index (κ2) is 5.07. The van der Waals surface area contributed by atoms with Crippen molar-refractivity contribution in [2.24, 2.45) is 0 Å². The SMILES string of the molecule is COc1ccccc1Oc1ncc(C=O)cn1. The lowest BCUT2D eigenvalue weighted by Gasteiger charge is -2.07. The summed E-state index contributed by atoms with van der Waals surface area (Å²) in [4.78, 5) is 18.2. The molecule has 1 aromatic carbocycles. The average Bonchev–Trinajstić information content (AvgIpc) is 2.40. The van der Waals surface area contributed by atoms with Crippen LogP contribution in [0, 0.1) is 0 Å². The maximum Gasteiger partial charge on any atom is 0.322 e. The quantitative estimate of drug-likeness (QED) is 0.752. The smallest absolute Gasteiger partial charge is 0.322 e. The van der Waals surface area contributed by atoms with Crippen molar-refractivity contribution in [1.82, 2.24) is 9.97 Å². The number of aldehydes is 1. The first-order valence-corrected chi connectivity index (χ1v) is 4.91. The molecule has 0 spiro atoms. The van der Waals surface area contributed by atoms with E-state index in [1.807, 2.05) is 12.1 Å². The highest BCUT2D eigenvalue weighted by Gasteiger charge is 2.05. The van der Waals surface area contributed by atoms with Crippen molar-refractivity contribution >= 4 is 6.29 Å². The molecule has 0 saturated carbocycles. The molecule has 86 valence electrons. The first-order valence-electron chi connectivity index (χ1n) is 4.91. The average molecular weight is 230 g/mol. The van der Waals surface area contributed by atoms with Crippen LogP contribution in [0.2, 0.25) is 0 Å². The van der Waals surface area contributed by atoms with E-state index < -0.39 is 0 Å². The van der Waals surface area contributed by atoms with Gasteiger partial charge in [0.15, 0.2) is 17.8 Å². The lowest BCUT2D eigenvalue weighted by Crippen LogP contribution is -1.95. The van der Waals surface area contributed by atoms with Gasteiger partial charge in [0, 0.05) is 12.4 Å². The van der Waals surface area contributed by atoms with Crippen LogP contribution in [-0.4, -0.2) is 23.4 Å². The molecule has 0 N–H and O–H groups in total. The molecule has 5 heteroatoms. The van der Waals surface area contributed by atoms with E-state index in [4.69, 9.17) is 9.47 Å². The Balaban J connectivity index is 2.21. The zero-order chi connectivity index (χ0) is 12.1. The van der Waals surface area contributed by atoms with E-state index in [0.29, 0.717) is 23.3 Å². The summed E-state index contributed by atoms with van der Waals surface area (Å²) in [5, 5.41) is 0. The van der Waals surface area contributed by atoms with Crippen LogP contribution in [-0.2, 0) is 0 Å². The van der Waals surface area contributed by atoms with Crippen molar-refractivity contribution < 1.29 is 14.3 Å². The van der Waals surface area contributed by atoms with Gasteiger partial charge in [-0.05, 0) is 12.1 Å². The van der Waals surface area contributed by atoms with Gasteiger partial charge in [0.1, 0.15) is 0 Å². The minimum Gasteiger partial charge on any atom is -0.493 e. The van der Waals surface area contributed by atoms with Crippen LogP contribution < -0.4 is 9.47 Å². The van der Waals surface area contributed by atoms with Gasteiger partial charge in [0.25, 0.3) is 0 Å². The Morgan fingerprint density at radius 2 is 1.76 bits per heavy atom. The van der Waals surface area contributed by atoms with E-state index >= 15 is 0 Å². The summed E-state index contributed by atoms with van der Waals surface area (Å²) < 4.78 is 10.6. The Morgan fingerprint density at radius 1 is 1.12 bits per heavy atom. The number of hydrogen-bond acceptors (Lipinski definition) is 5. The molecule has 0 unspecified atom stereocenters. The summed E-state index contributed by atoms with van der Waals surface area (Å²) in [6, 6.07) is 7.34. The van der Waals surface area contributed by atoms with Gasteiger partial charge in [0.2, 0.25) is 0 Å². The Hall–Kier alpha value is -2.43. The molecule has 0 bridgehead atoms. The highest BCUT2D eigenvalue weighted by molar-refractivity contribution is 5.73. The third kappa shape index (κ3) is 2.57. The lowest BCUT2D eigenvalue weighted by molar-refractivity contribution is 0.112. The molecule has 0 saturated heterocycles. The van der Waals surface area contributed by atoms with Gasteiger partial charge in [-0.15, -0.1) is 0 Å². The molecule has 0 fully saturated rings. The van der Waals surface area contributed by atoms with Crippen molar-refractivity contribution in [3.05, 3.63) is 42.2 Å².